The van der Waals surface area contributed by atoms with Crippen molar-refractivity contribution in [3.63, 3.8) is 0 Å². The molecule has 0 atom stereocenters. The third-order valence-electron chi connectivity index (χ3n) is 2.23. The third-order valence-corrected chi connectivity index (χ3v) is 2.52. The molecule has 0 N–H and O–H groups in total. The van der Waals surface area contributed by atoms with Crippen LogP contribution in [0.2, 0.25) is 5.22 Å². The van der Waals surface area contributed by atoms with Crippen LogP contribution < -0.4 is 0 Å². The van der Waals surface area contributed by atoms with Gasteiger partial charge in [0.1, 0.15) is 0 Å². The maximum Gasteiger partial charge on any atom is 0.258 e. The molecule has 0 radical (unpaired) electrons. The van der Waals surface area contributed by atoms with E-state index in [4.69, 9.17) is 20.8 Å². The van der Waals surface area contributed by atoms with Crippen molar-refractivity contribution in [3.05, 3.63) is 23.1 Å². The number of carbonyl (C=O) groups is 1. The zero-order valence-corrected chi connectivity index (χ0v) is 10.3. The number of rotatable bonds is 6. The predicted molar refractivity (Wildman–Crippen MR) is 61.8 cm³/mol. The van der Waals surface area contributed by atoms with Crippen LogP contribution in [-0.4, -0.2) is 37.1 Å². The molecule has 0 aromatic carbocycles. The van der Waals surface area contributed by atoms with E-state index >= 15 is 0 Å². The second-order valence-electron chi connectivity index (χ2n) is 3.19. The monoisotopic (exact) mass is 245 g/mol. The normalized spacial score (nSPS) is 10.4. The number of likely N-dealkylation sites (N-methyl/N-ethyl adjacent to an activating group) is 1. The van der Waals surface area contributed by atoms with Gasteiger partial charge < -0.3 is 14.1 Å². The number of hydrogen-bond acceptors (Lipinski definition) is 3. The van der Waals surface area contributed by atoms with Gasteiger partial charge in [0.25, 0.3) is 5.91 Å². The fourth-order valence-corrected chi connectivity index (χ4v) is 1.53. The third kappa shape index (κ3) is 3.25. The van der Waals surface area contributed by atoms with E-state index in [1.165, 1.54) is 6.26 Å². The van der Waals surface area contributed by atoms with E-state index in [9.17, 15) is 4.79 Å². The SMILES string of the molecule is CCOCCN(CC)C(=O)c1ccoc1Cl. The Morgan fingerprint density at radius 2 is 2.31 bits per heavy atom. The van der Waals surface area contributed by atoms with E-state index in [0.717, 1.165) is 0 Å². The second-order valence-corrected chi connectivity index (χ2v) is 3.53. The predicted octanol–water partition coefficient (Wildman–Crippen LogP) is 2.43. The highest BCUT2D eigenvalue weighted by Gasteiger charge is 2.18. The topological polar surface area (TPSA) is 42.7 Å². The second kappa shape index (κ2) is 6.55. The van der Waals surface area contributed by atoms with Gasteiger partial charge in [-0.3, -0.25) is 4.79 Å². The van der Waals surface area contributed by atoms with Crippen LogP contribution in [0.4, 0.5) is 0 Å². The van der Waals surface area contributed by atoms with Crippen molar-refractivity contribution in [3.8, 4) is 0 Å². The van der Waals surface area contributed by atoms with Gasteiger partial charge in [-0.05, 0) is 31.5 Å². The van der Waals surface area contributed by atoms with Gasteiger partial charge >= 0.3 is 0 Å². The molecule has 0 unspecified atom stereocenters. The average Bonchev–Trinajstić information content (AvgIpc) is 2.70. The summed E-state index contributed by atoms with van der Waals surface area (Å²) in [6.07, 6.45) is 1.41. The Morgan fingerprint density at radius 3 is 2.81 bits per heavy atom. The Kier molecular flexibility index (Phi) is 5.35. The van der Waals surface area contributed by atoms with Gasteiger partial charge in [0.05, 0.1) is 18.4 Å². The smallest absolute Gasteiger partial charge is 0.258 e. The highest BCUT2D eigenvalue weighted by Crippen LogP contribution is 2.18. The van der Waals surface area contributed by atoms with Gasteiger partial charge in [-0.1, -0.05) is 0 Å². The van der Waals surface area contributed by atoms with E-state index < -0.39 is 0 Å². The lowest BCUT2D eigenvalue weighted by molar-refractivity contribution is 0.0668. The van der Waals surface area contributed by atoms with Crippen LogP contribution in [0, 0.1) is 0 Å². The molecule has 0 spiro atoms. The summed E-state index contributed by atoms with van der Waals surface area (Å²) in [5.74, 6) is -0.124. The molecule has 1 aromatic rings. The molecule has 1 aromatic heterocycles. The highest BCUT2D eigenvalue weighted by atomic mass is 35.5. The molecule has 0 saturated carbocycles. The van der Waals surface area contributed by atoms with E-state index in [-0.39, 0.29) is 11.1 Å². The quantitative estimate of drug-likeness (QED) is 0.723. The van der Waals surface area contributed by atoms with E-state index in [1.54, 1.807) is 11.0 Å². The zero-order chi connectivity index (χ0) is 12.0. The molecule has 16 heavy (non-hydrogen) atoms. The van der Waals surface area contributed by atoms with Gasteiger partial charge in [0.15, 0.2) is 0 Å². The van der Waals surface area contributed by atoms with E-state index in [1.807, 2.05) is 13.8 Å². The molecule has 1 amide bonds. The lowest BCUT2D eigenvalue weighted by Crippen LogP contribution is -2.33. The average molecular weight is 246 g/mol. The van der Waals surface area contributed by atoms with Crippen molar-refractivity contribution in [2.24, 2.45) is 0 Å². The summed E-state index contributed by atoms with van der Waals surface area (Å²) >= 11 is 5.75. The van der Waals surface area contributed by atoms with Gasteiger partial charge in [-0.15, -0.1) is 0 Å². The van der Waals surface area contributed by atoms with Crippen LogP contribution in [0.15, 0.2) is 16.7 Å². The first kappa shape index (κ1) is 13.1. The molecule has 0 aliphatic heterocycles. The molecule has 0 aliphatic carbocycles. The number of halogens is 1. The van der Waals surface area contributed by atoms with Crippen molar-refractivity contribution < 1.29 is 13.9 Å². The van der Waals surface area contributed by atoms with Crippen LogP contribution in [0.1, 0.15) is 24.2 Å². The van der Waals surface area contributed by atoms with E-state index in [0.29, 0.717) is 31.9 Å². The number of ether oxygens (including phenoxy) is 1. The van der Waals surface area contributed by atoms with Crippen molar-refractivity contribution in [2.45, 2.75) is 13.8 Å². The Labute approximate surface area is 100 Å². The summed E-state index contributed by atoms with van der Waals surface area (Å²) in [6, 6.07) is 1.58. The fourth-order valence-electron chi connectivity index (χ4n) is 1.34. The number of furan rings is 1. The van der Waals surface area contributed by atoms with Crippen LogP contribution in [0.3, 0.4) is 0 Å². The van der Waals surface area contributed by atoms with Crippen molar-refractivity contribution in [2.75, 3.05) is 26.3 Å². The first-order valence-corrected chi connectivity index (χ1v) is 5.68. The van der Waals surface area contributed by atoms with E-state index in [2.05, 4.69) is 0 Å². The minimum absolute atomic E-state index is 0.124. The van der Waals surface area contributed by atoms with Gasteiger partial charge in [0, 0.05) is 19.7 Å². The molecule has 90 valence electrons. The molecule has 0 bridgehead atoms. The van der Waals surface area contributed by atoms with Gasteiger partial charge in [-0.25, -0.2) is 0 Å². The molecule has 5 heteroatoms. The highest BCUT2D eigenvalue weighted by molar-refractivity contribution is 6.32. The molecule has 1 heterocycles. The lowest BCUT2D eigenvalue weighted by Gasteiger charge is -2.19. The summed E-state index contributed by atoms with van der Waals surface area (Å²) in [5.41, 5.74) is 0.403. The lowest BCUT2D eigenvalue weighted by atomic mass is 10.3. The summed E-state index contributed by atoms with van der Waals surface area (Å²) < 4.78 is 10.1. The summed E-state index contributed by atoms with van der Waals surface area (Å²) in [6.45, 7) is 6.20. The molecular formula is C11H16ClNO3. The molecular weight excluding hydrogens is 230 g/mol. The van der Waals surface area contributed by atoms with Crippen molar-refractivity contribution in [1.82, 2.24) is 4.90 Å². The molecule has 1 rings (SSSR count). The standard InChI is InChI=1S/C11H16ClNO3/c1-3-13(6-8-15-4-2)11(14)9-5-7-16-10(9)12/h5,7H,3-4,6,8H2,1-2H3. The van der Waals surface area contributed by atoms with Gasteiger partial charge in [0.2, 0.25) is 5.22 Å². The summed E-state index contributed by atoms with van der Waals surface area (Å²) in [5, 5.41) is 0.139. The Balaban J connectivity index is 2.59. The summed E-state index contributed by atoms with van der Waals surface area (Å²) in [7, 11) is 0. The molecule has 0 aliphatic rings. The van der Waals surface area contributed by atoms with Crippen LogP contribution in [-0.2, 0) is 4.74 Å². The Morgan fingerprint density at radius 1 is 1.56 bits per heavy atom. The van der Waals surface area contributed by atoms with Crippen LogP contribution in [0.25, 0.3) is 0 Å². The maximum absolute atomic E-state index is 12.0. The molecule has 0 saturated heterocycles. The molecule has 0 fully saturated rings. The number of amides is 1. The summed E-state index contributed by atoms with van der Waals surface area (Å²) in [4.78, 5) is 13.7. The van der Waals surface area contributed by atoms with Gasteiger partial charge in [-0.2, -0.15) is 0 Å². The number of carbonyl (C=O) groups excluding carboxylic acids is 1. The maximum atomic E-state index is 12.0. The fraction of sp³-hybridized carbons (Fsp3) is 0.545. The Hall–Kier alpha value is -1.00. The Bertz CT molecular complexity index is 338. The number of nitrogens with zero attached hydrogens (tertiary/aromatic N) is 1. The first-order valence-electron chi connectivity index (χ1n) is 5.30. The zero-order valence-electron chi connectivity index (χ0n) is 9.53. The number of hydrogen-bond donors (Lipinski definition) is 0. The van der Waals surface area contributed by atoms with Crippen LogP contribution in [0.5, 0.6) is 0 Å². The first-order chi connectivity index (χ1) is 7.70. The minimum atomic E-state index is -0.124. The largest absolute Gasteiger partial charge is 0.452 e. The van der Waals surface area contributed by atoms with Crippen molar-refractivity contribution in [1.29, 1.82) is 0 Å². The molecule has 4 nitrogen and oxygen atoms in total. The van der Waals surface area contributed by atoms with Crippen LogP contribution >= 0.6 is 11.6 Å². The minimum Gasteiger partial charge on any atom is -0.452 e. The van der Waals surface area contributed by atoms with Crippen molar-refractivity contribution >= 4 is 17.5 Å².